The summed E-state index contributed by atoms with van der Waals surface area (Å²) in [4.78, 5) is 10.7. The topological polar surface area (TPSA) is 61.5 Å². The Bertz CT molecular complexity index is 215. The Kier molecular flexibility index (Phi) is 0.256. The van der Waals surface area contributed by atoms with E-state index in [0.29, 0.717) is 10.1 Å². The van der Waals surface area contributed by atoms with E-state index < -0.39 is 5.69 Å². The van der Waals surface area contributed by atoms with Gasteiger partial charge in [-0.25, -0.2) is 9.89 Å². The molecule has 0 saturated heterocycles. The van der Waals surface area contributed by atoms with E-state index in [1.165, 1.54) is 0 Å². The van der Waals surface area contributed by atoms with Crippen molar-refractivity contribution in [2.45, 2.75) is 0 Å². The molecule has 1 rings (SSSR count). The zero-order valence-corrected chi connectivity index (χ0v) is 2.83. The first-order valence-electron chi connectivity index (χ1n) is 2.26. The number of aromatic nitrogens is 3. The summed E-state index contributed by atoms with van der Waals surface area (Å²) in [5.74, 6) is 0. The molecule has 1 heterocycles. The molecule has 0 radical (unpaired) electrons. The SMILES string of the molecule is [2H]n1cnn([2H])c1=O. The van der Waals surface area contributed by atoms with Crippen molar-refractivity contribution in [1.29, 1.82) is 0 Å². The van der Waals surface area contributed by atoms with Crippen LogP contribution in [0.25, 0.3) is 0 Å². The first-order valence-corrected chi connectivity index (χ1v) is 1.37. The van der Waals surface area contributed by atoms with Crippen LogP contribution < -0.4 is 5.69 Å². The zero-order valence-electron chi connectivity index (χ0n) is 4.83. The molecule has 6 heavy (non-hydrogen) atoms. The van der Waals surface area contributed by atoms with E-state index >= 15 is 0 Å². The van der Waals surface area contributed by atoms with Crippen LogP contribution in [0, 0.1) is 0 Å². The second-order valence-electron chi connectivity index (χ2n) is 0.743. The van der Waals surface area contributed by atoms with Crippen LogP contribution in [0.4, 0.5) is 0 Å². The van der Waals surface area contributed by atoms with Gasteiger partial charge < -0.3 is 0 Å². The number of aromatic amines is 2. The molecule has 4 heteroatoms. The van der Waals surface area contributed by atoms with E-state index in [2.05, 4.69) is 5.10 Å². The maximum absolute atomic E-state index is 10.3. The highest BCUT2D eigenvalue weighted by Gasteiger charge is 1.70. The molecule has 0 aliphatic rings. The Morgan fingerprint density at radius 3 is 3.17 bits per heavy atom. The molecule has 0 saturated carbocycles. The van der Waals surface area contributed by atoms with Crippen LogP contribution in [0.5, 0.6) is 0 Å². The van der Waals surface area contributed by atoms with E-state index in [0.717, 1.165) is 6.33 Å². The average Bonchev–Trinajstić information content (AvgIpc) is 1.98. The number of H-pyrrole nitrogens is 2. The van der Waals surface area contributed by atoms with Crippen molar-refractivity contribution in [1.82, 2.24) is 15.2 Å². The summed E-state index contributed by atoms with van der Waals surface area (Å²) in [5.41, 5.74) is -0.759. The van der Waals surface area contributed by atoms with Gasteiger partial charge in [-0.15, -0.1) is 0 Å². The Balaban J connectivity index is 3.42. The maximum Gasteiger partial charge on any atom is 0.340 e. The minimum Gasteiger partial charge on any atom is -0.296 e. The van der Waals surface area contributed by atoms with Crippen molar-refractivity contribution >= 4 is 0 Å². The van der Waals surface area contributed by atoms with Crippen LogP contribution >= 0.6 is 0 Å². The average molecular weight is 87.1 g/mol. The van der Waals surface area contributed by atoms with Crippen LogP contribution in [0.3, 0.4) is 0 Å². The Morgan fingerprint density at radius 1 is 2.17 bits per heavy atom. The van der Waals surface area contributed by atoms with Crippen molar-refractivity contribution in [3.05, 3.63) is 16.8 Å². The normalized spacial score (nSPS) is 13.3. The molecule has 1 aromatic rings. The lowest BCUT2D eigenvalue weighted by Gasteiger charge is -1.49. The van der Waals surface area contributed by atoms with Gasteiger partial charge in [0.15, 0.2) is 2.82 Å². The quantitative estimate of drug-likeness (QED) is 0.430. The summed E-state index contributed by atoms with van der Waals surface area (Å²) < 4.78 is 13.2. The highest BCUT2D eigenvalue weighted by atomic mass is 16.1. The van der Waals surface area contributed by atoms with Crippen LogP contribution in [0.2, 0.25) is 2.82 Å². The molecule has 0 amide bonds. The molecular weight excluding hydrogens is 82.0 g/mol. The second-order valence-corrected chi connectivity index (χ2v) is 0.743. The predicted molar refractivity (Wildman–Crippen MR) is 19.2 cm³/mol. The number of nitrogens with one attached hydrogen (secondary N) is 2. The van der Waals surface area contributed by atoms with Crippen LogP contribution in [-0.4, -0.2) is 15.2 Å². The fraction of sp³-hybridized carbons (Fsp3) is 0. The number of rotatable bonds is 0. The molecule has 2 N–H and O–H groups in total. The predicted octanol–water partition coefficient (Wildman–Crippen LogP) is -0.902. The van der Waals surface area contributed by atoms with E-state index in [1.54, 1.807) is 0 Å². The van der Waals surface area contributed by atoms with Gasteiger partial charge in [-0.05, 0) is 0 Å². The monoisotopic (exact) mass is 87.0 g/mol. The fourth-order valence-electron chi connectivity index (χ4n) is 0.176. The molecular formula is C2H3N3O. The van der Waals surface area contributed by atoms with Crippen LogP contribution in [0.15, 0.2) is 11.1 Å². The van der Waals surface area contributed by atoms with E-state index in [9.17, 15) is 4.79 Å². The second kappa shape index (κ2) is 0.965. The lowest BCUT2D eigenvalue weighted by molar-refractivity contribution is 1.05. The molecule has 4 nitrogen and oxygen atoms in total. The van der Waals surface area contributed by atoms with E-state index in [1.807, 2.05) is 0 Å². The molecule has 0 atom stereocenters. The lowest BCUT2D eigenvalue weighted by atomic mass is 11.3. The highest BCUT2D eigenvalue weighted by molar-refractivity contribution is 4.48. The van der Waals surface area contributed by atoms with Crippen molar-refractivity contribution in [2.24, 2.45) is 0 Å². The first-order chi connectivity index (χ1) is 3.72. The van der Waals surface area contributed by atoms with Gasteiger partial charge in [0.1, 0.15) is 6.33 Å². The summed E-state index contributed by atoms with van der Waals surface area (Å²) in [7, 11) is 0. The molecule has 0 aliphatic carbocycles. The minimum absolute atomic E-state index is 0.340. The van der Waals surface area contributed by atoms with E-state index in [-0.39, 0.29) is 0 Å². The van der Waals surface area contributed by atoms with E-state index in [4.69, 9.17) is 2.82 Å². The van der Waals surface area contributed by atoms with Gasteiger partial charge in [0.05, 0.1) is 0 Å². The van der Waals surface area contributed by atoms with Gasteiger partial charge in [0.25, 0.3) is 0 Å². The Morgan fingerprint density at radius 2 is 3.00 bits per heavy atom. The highest BCUT2D eigenvalue weighted by Crippen LogP contribution is 1.42. The molecule has 0 bridgehead atoms. The summed E-state index contributed by atoms with van der Waals surface area (Å²) in [5, 5.41) is 3.50. The van der Waals surface area contributed by atoms with Crippen LogP contribution in [0.1, 0.15) is 0 Å². The van der Waals surface area contributed by atoms with Gasteiger partial charge in [-0.2, -0.15) is 5.10 Å². The molecule has 1 aromatic heterocycles. The lowest BCUT2D eigenvalue weighted by Crippen LogP contribution is -1.99. The number of nitrogens with zero attached hydrogens (tertiary/aromatic N) is 1. The Hall–Kier alpha value is -1.06. The number of hydrogen-bond acceptors (Lipinski definition) is 2. The van der Waals surface area contributed by atoms with Crippen molar-refractivity contribution in [3.8, 4) is 0 Å². The third kappa shape index (κ3) is 0.314. The summed E-state index contributed by atoms with van der Waals surface area (Å²) in [6, 6.07) is 0. The standard InChI is InChI=1S/C2H3N3O/c6-2-3-1-4-5-2/h1H,(H2,3,4,5,6)/i/hD2. The molecule has 0 aliphatic heterocycles. The molecule has 0 fully saturated rings. The van der Waals surface area contributed by atoms with Gasteiger partial charge in [0.2, 0.25) is 0 Å². The van der Waals surface area contributed by atoms with Crippen molar-refractivity contribution in [2.75, 3.05) is 0 Å². The Labute approximate surface area is 36.1 Å². The zero-order chi connectivity index (χ0) is 6.15. The smallest absolute Gasteiger partial charge is 0.296 e. The van der Waals surface area contributed by atoms with Gasteiger partial charge in [-0.3, -0.25) is 4.98 Å². The molecule has 32 valence electrons. The van der Waals surface area contributed by atoms with Crippen molar-refractivity contribution in [3.63, 3.8) is 0 Å². The van der Waals surface area contributed by atoms with Gasteiger partial charge >= 0.3 is 5.69 Å². The van der Waals surface area contributed by atoms with Crippen molar-refractivity contribution < 1.29 is 2.82 Å². The van der Waals surface area contributed by atoms with Gasteiger partial charge in [-0.1, -0.05) is 0 Å². The first kappa shape index (κ1) is 1.59. The maximum atomic E-state index is 10.3. The van der Waals surface area contributed by atoms with Gasteiger partial charge in [0, 0.05) is 0 Å². The summed E-state index contributed by atoms with van der Waals surface area (Å²) in [6.45, 7) is 0. The summed E-state index contributed by atoms with van der Waals surface area (Å²) in [6.07, 6.45) is 0.954. The number of hydrogen-bond donors (Lipinski definition) is 2. The minimum atomic E-state index is -0.759. The summed E-state index contributed by atoms with van der Waals surface area (Å²) >= 11 is 0. The molecule has 0 spiro atoms. The third-order valence-electron chi connectivity index (χ3n) is 0.363. The molecule has 0 unspecified atom stereocenters. The third-order valence-corrected chi connectivity index (χ3v) is 0.363. The molecule has 0 aromatic carbocycles. The largest absolute Gasteiger partial charge is 0.340 e. The van der Waals surface area contributed by atoms with Crippen LogP contribution in [-0.2, 0) is 0 Å². The fourth-order valence-corrected chi connectivity index (χ4v) is 0.176.